The van der Waals surface area contributed by atoms with Crippen LogP contribution >= 0.6 is 11.6 Å². The van der Waals surface area contributed by atoms with Gasteiger partial charge in [0.15, 0.2) is 0 Å². The van der Waals surface area contributed by atoms with E-state index in [0.717, 1.165) is 6.07 Å². The topological polar surface area (TPSA) is 75.6 Å². The minimum Gasteiger partial charge on any atom is -0.481 e. The van der Waals surface area contributed by atoms with Crippen molar-refractivity contribution in [2.75, 3.05) is 0 Å². The largest absolute Gasteiger partial charge is 0.481 e. The van der Waals surface area contributed by atoms with Crippen molar-refractivity contribution in [1.29, 1.82) is 0 Å². The second-order valence-corrected chi connectivity index (χ2v) is 6.44. The number of ether oxygens (including phenoxy) is 1. The van der Waals surface area contributed by atoms with Gasteiger partial charge in [-0.25, -0.2) is 4.79 Å². The Bertz CT molecular complexity index is 626. The summed E-state index contributed by atoms with van der Waals surface area (Å²) in [5.74, 6) is -1.29. The molecule has 5 nitrogen and oxygen atoms in total. The molecule has 1 atom stereocenters. The van der Waals surface area contributed by atoms with Gasteiger partial charge < -0.3 is 15.2 Å². The zero-order valence-corrected chi connectivity index (χ0v) is 14.0. The second kappa shape index (κ2) is 7.29. The summed E-state index contributed by atoms with van der Waals surface area (Å²) in [6, 6.07) is 1.75. The number of nitrogens with one attached hydrogen (secondary N) is 1. The molecule has 0 radical (unpaired) electrons. The molecule has 1 amide bonds. The molecular weight excluding hydrogens is 351 g/mol. The Morgan fingerprint density at radius 1 is 1.29 bits per heavy atom. The van der Waals surface area contributed by atoms with Crippen molar-refractivity contribution in [3.63, 3.8) is 0 Å². The molecule has 0 saturated carbocycles. The van der Waals surface area contributed by atoms with Gasteiger partial charge in [-0.15, -0.1) is 0 Å². The average Bonchev–Trinajstić information content (AvgIpc) is 2.34. The molecule has 0 unspecified atom stereocenters. The summed E-state index contributed by atoms with van der Waals surface area (Å²) in [4.78, 5) is 22.8. The number of carboxylic acids is 1. The molecule has 2 N–H and O–H groups in total. The first kappa shape index (κ1) is 20.1. The molecular formula is C15H17ClF3NO4. The molecule has 0 bridgehead atoms. The van der Waals surface area contributed by atoms with Crippen LogP contribution in [0.5, 0.6) is 0 Å². The summed E-state index contributed by atoms with van der Waals surface area (Å²) in [6.07, 6.45) is -6.25. The van der Waals surface area contributed by atoms with Gasteiger partial charge in [0.25, 0.3) is 0 Å². The quantitative estimate of drug-likeness (QED) is 0.827. The summed E-state index contributed by atoms with van der Waals surface area (Å²) in [6.45, 7) is 4.80. The Morgan fingerprint density at radius 2 is 1.88 bits per heavy atom. The summed E-state index contributed by atoms with van der Waals surface area (Å²) in [7, 11) is 0. The van der Waals surface area contributed by atoms with Gasteiger partial charge in [0.2, 0.25) is 0 Å². The van der Waals surface area contributed by atoms with Crippen LogP contribution in [0.3, 0.4) is 0 Å². The van der Waals surface area contributed by atoms with Crippen LogP contribution in [0, 0.1) is 0 Å². The molecule has 0 fully saturated rings. The van der Waals surface area contributed by atoms with Crippen LogP contribution in [0.2, 0.25) is 5.02 Å². The number of benzene rings is 1. The Morgan fingerprint density at radius 3 is 2.33 bits per heavy atom. The fraction of sp³-hybridized carbons (Fsp3) is 0.467. The highest BCUT2D eigenvalue weighted by Gasteiger charge is 2.34. The zero-order valence-electron chi connectivity index (χ0n) is 13.2. The number of carboxylic acid groups (broad SMARTS) is 1. The Kier molecular flexibility index (Phi) is 6.10. The van der Waals surface area contributed by atoms with Gasteiger partial charge in [0, 0.05) is 0 Å². The SMILES string of the molecule is CC(C)(C)OC(=O)N[C@H](CC(=O)O)c1ccc(Cl)c(C(F)(F)F)c1. The minimum atomic E-state index is -4.70. The Hall–Kier alpha value is -1.96. The molecule has 24 heavy (non-hydrogen) atoms. The van der Waals surface area contributed by atoms with Gasteiger partial charge in [-0.3, -0.25) is 4.79 Å². The number of aliphatic carboxylic acids is 1. The van der Waals surface area contributed by atoms with E-state index in [1.807, 2.05) is 0 Å². The lowest BCUT2D eigenvalue weighted by Crippen LogP contribution is -2.35. The predicted octanol–water partition coefficient (Wildman–Crippen LogP) is 4.40. The third-order valence-electron chi connectivity index (χ3n) is 2.77. The number of carbonyl (C=O) groups is 2. The van der Waals surface area contributed by atoms with Gasteiger partial charge >= 0.3 is 18.2 Å². The van der Waals surface area contributed by atoms with Crippen LogP contribution < -0.4 is 5.32 Å². The van der Waals surface area contributed by atoms with E-state index in [9.17, 15) is 22.8 Å². The number of rotatable bonds is 4. The van der Waals surface area contributed by atoms with Gasteiger partial charge in [0.05, 0.1) is 23.0 Å². The lowest BCUT2D eigenvalue weighted by molar-refractivity contribution is -0.138. The number of alkyl halides is 3. The van der Waals surface area contributed by atoms with Crippen molar-refractivity contribution in [1.82, 2.24) is 5.32 Å². The van der Waals surface area contributed by atoms with Gasteiger partial charge in [-0.05, 0) is 38.5 Å². The maximum absolute atomic E-state index is 12.9. The lowest BCUT2D eigenvalue weighted by Gasteiger charge is -2.23. The van der Waals surface area contributed by atoms with E-state index >= 15 is 0 Å². The lowest BCUT2D eigenvalue weighted by atomic mass is 10.0. The van der Waals surface area contributed by atoms with E-state index in [4.69, 9.17) is 21.4 Å². The molecule has 134 valence electrons. The van der Waals surface area contributed by atoms with Crippen LogP contribution in [0.15, 0.2) is 18.2 Å². The summed E-state index contributed by atoms with van der Waals surface area (Å²) in [5.41, 5.74) is -1.99. The molecule has 0 spiro atoms. The number of alkyl carbamates (subject to hydrolysis) is 1. The van der Waals surface area contributed by atoms with Crippen LogP contribution in [0.1, 0.15) is 44.4 Å². The maximum atomic E-state index is 12.9. The summed E-state index contributed by atoms with van der Waals surface area (Å²) < 4.78 is 43.8. The third kappa shape index (κ3) is 6.27. The third-order valence-corrected chi connectivity index (χ3v) is 3.10. The fourth-order valence-electron chi connectivity index (χ4n) is 1.85. The first-order valence-electron chi connectivity index (χ1n) is 6.87. The Labute approximate surface area is 141 Å². The normalized spacial score (nSPS) is 13.3. The van der Waals surface area contributed by atoms with E-state index in [0.29, 0.717) is 6.07 Å². The number of halogens is 4. The molecule has 0 aliphatic carbocycles. The molecule has 1 rings (SSSR count). The molecule has 9 heteroatoms. The Balaban J connectivity index is 3.13. The zero-order chi connectivity index (χ0) is 18.7. The first-order valence-corrected chi connectivity index (χ1v) is 7.25. The predicted molar refractivity (Wildman–Crippen MR) is 80.8 cm³/mol. The van der Waals surface area contributed by atoms with Crippen molar-refractivity contribution in [2.24, 2.45) is 0 Å². The number of carbonyl (C=O) groups excluding carboxylic acids is 1. The molecule has 0 heterocycles. The molecule has 0 aliphatic heterocycles. The minimum absolute atomic E-state index is 0.0417. The molecule has 0 saturated heterocycles. The van der Waals surface area contributed by atoms with E-state index in [2.05, 4.69) is 5.32 Å². The molecule has 1 aromatic carbocycles. The first-order chi connectivity index (χ1) is 10.8. The maximum Gasteiger partial charge on any atom is 0.417 e. The van der Waals surface area contributed by atoms with Crippen molar-refractivity contribution in [2.45, 2.75) is 45.0 Å². The van der Waals surface area contributed by atoms with E-state index in [1.165, 1.54) is 6.07 Å². The summed E-state index contributed by atoms with van der Waals surface area (Å²) >= 11 is 5.54. The van der Waals surface area contributed by atoms with E-state index in [1.54, 1.807) is 20.8 Å². The van der Waals surface area contributed by atoms with Gasteiger partial charge in [0.1, 0.15) is 5.60 Å². The van der Waals surface area contributed by atoms with Crippen molar-refractivity contribution < 1.29 is 32.6 Å². The van der Waals surface area contributed by atoms with Gasteiger partial charge in [-0.2, -0.15) is 13.2 Å². The van der Waals surface area contributed by atoms with E-state index in [-0.39, 0.29) is 5.56 Å². The number of hydrogen-bond acceptors (Lipinski definition) is 3. The second-order valence-electron chi connectivity index (χ2n) is 6.03. The van der Waals surface area contributed by atoms with E-state index < -0.39 is 46.9 Å². The molecule has 1 aromatic rings. The number of hydrogen-bond donors (Lipinski definition) is 2. The monoisotopic (exact) mass is 367 g/mol. The molecule has 0 aromatic heterocycles. The van der Waals surface area contributed by atoms with Gasteiger partial charge in [-0.1, -0.05) is 17.7 Å². The average molecular weight is 368 g/mol. The van der Waals surface area contributed by atoms with Crippen molar-refractivity contribution >= 4 is 23.7 Å². The van der Waals surface area contributed by atoms with Crippen LogP contribution in [-0.2, 0) is 15.7 Å². The van der Waals surface area contributed by atoms with Crippen molar-refractivity contribution in [3.05, 3.63) is 34.3 Å². The molecule has 0 aliphatic rings. The van der Waals surface area contributed by atoms with Crippen LogP contribution in [-0.4, -0.2) is 22.8 Å². The highest BCUT2D eigenvalue weighted by Crippen LogP contribution is 2.36. The number of amides is 1. The van der Waals surface area contributed by atoms with Crippen LogP contribution in [0.25, 0.3) is 0 Å². The highest BCUT2D eigenvalue weighted by atomic mass is 35.5. The van der Waals surface area contributed by atoms with Crippen LogP contribution in [0.4, 0.5) is 18.0 Å². The highest BCUT2D eigenvalue weighted by molar-refractivity contribution is 6.31. The summed E-state index contributed by atoms with van der Waals surface area (Å²) in [5, 5.41) is 10.7. The van der Waals surface area contributed by atoms with Crippen molar-refractivity contribution in [3.8, 4) is 0 Å². The standard InChI is InChI=1S/C15H17ClF3NO4/c1-14(2,3)24-13(23)20-11(7-12(21)22)8-4-5-10(16)9(6-8)15(17,18)19/h4-6,11H,7H2,1-3H3,(H,20,23)(H,21,22)/t11-/m1/s1. The fourth-order valence-corrected chi connectivity index (χ4v) is 2.08. The smallest absolute Gasteiger partial charge is 0.417 e.